The fraction of sp³-hybridized carbons (Fsp3) is 0.211. The molecule has 4 rings (SSSR count). The summed E-state index contributed by atoms with van der Waals surface area (Å²) in [5.74, 6) is -0.0285. The molecule has 2 heterocycles. The van der Waals surface area contributed by atoms with Gasteiger partial charge in [-0.05, 0) is 31.2 Å². The van der Waals surface area contributed by atoms with Crippen molar-refractivity contribution in [2.45, 2.75) is 13.0 Å². The van der Waals surface area contributed by atoms with E-state index in [1.54, 1.807) is 17.7 Å². The van der Waals surface area contributed by atoms with Crippen molar-refractivity contribution < 1.29 is 4.79 Å². The summed E-state index contributed by atoms with van der Waals surface area (Å²) in [7, 11) is 0. The average Bonchev–Trinajstić information content (AvgIpc) is 3.28. The van der Waals surface area contributed by atoms with Crippen LogP contribution in [-0.4, -0.2) is 33.5 Å². The Labute approximate surface area is 154 Å². The van der Waals surface area contributed by atoms with E-state index in [0.717, 1.165) is 26.4 Å². The number of imidazole rings is 1. The van der Waals surface area contributed by atoms with Crippen molar-refractivity contribution in [1.29, 1.82) is 0 Å². The van der Waals surface area contributed by atoms with Crippen molar-refractivity contribution in [3.05, 3.63) is 54.9 Å². The zero-order valence-electron chi connectivity index (χ0n) is 14.3. The number of hydrogen-bond acceptors (Lipinski definition) is 5. The molecule has 132 valence electrons. The second-order valence-electron chi connectivity index (χ2n) is 6.02. The first-order valence-corrected chi connectivity index (χ1v) is 9.33. The van der Waals surface area contributed by atoms with Crippen molar-refractivity contribution in [2.75, 3.05) is 18.4 Å². The minimum absolute atomic E-state index is 0.0285. The molecule has 4 aromatic rings. The summed E-state index contributed by atoms with van der Waals surface area (Å²) in [5, 5.41) is 7.10. The van der Waals surface area contributed by atoms with Gasteiger partial charge >= 0.3 is 0 Å². The lowest BCUT2D eigenvalue weighted by Crippen LogP contribution is -2.34. The SMILES string of the molecule is C[C@@H](C(=O)NCCNc1nc2ccccc2s1)n1cnc2ccccc21. The van der Waals surface area contributed by atoms with Crippen molar-refractivity contribution in [3.63, 3.8) is 0 Å². The van der Waals surface area contributed by atoms with E-state index in [4.69, 9.17) is 0 Å². The second-order valence-corrected chi connectivity index (χ2v) is 7.05. The smallest absolute Gasteiger partial charge is 0.242 e. The van der Waals surface area contributed by atoms with Gasteiger partial charge in [-0.25, -0.2) is 9.97 Å². The van der Waals surface area contributed by atoms with E-state index >= 15 is 0 Å². The number of hydrogen-bond donors (Lipinski definition) is 2. The maximum atomic E-state index is 12.4. The van der Waals surface area contributed by atoms with E-state index in [2.05, 4.69) is 26.7 Å². The minimum Gasteiger partial charge on any atom is -0.360 e. The highest BCUT2D eigenvalue weighted by atomic mass is 32.1. The van der Waals surface area contributed by atoms with Crippen LogP contribution in [0.15, 0.2) is 54.9 Å². The summed E-state index contributed by atoms with van der Waals surface area (Å²) >= 11 is 1.61. The Hall–Kier alpha value is -2.93. The number of anilines is 1. The highest BCUT2D eigenvalue weighted by Gasteiger charge is 2.16. The van der Waals surface area contributed by atoms with E-state index in [1.807, 2.05) is 54.0 Å². The number of carbonyl (C=O) groups excluding carboxylic acids is 1. The van der Waals surface area contributed by atoms with Crippen LogP contribution in [0.25, 0.3) is 21.3 Å². The number of rotatable bonds is 6. The van der Waals surface area contributed by atoms with Crippen molar-refractivity contribution in [1.82, 2.24) is 19.9 Å². The molecule has 6 nitrogen and oxygen atoms in total. The van der Waals surface area contributed by atoms with Gasteiger partial charge in [-0.3, -0.25) is 4.79 Å². The first kappa shape index (κ1) is 16.5. The van der Waals surface area contributed by atoms with E-state index in [9.17, 15) is 4.79 Å². The molecule has 2 aromatic heterocycles. The van der Waals surface area contributed by atoms with Crippen LogP contribution < -0.4 is 10.6 Å². The Balaban J connectivity index is 1.32. The third kappa shape index (κ3) is 3.25. The van der Waals surface area contributed by atoms with E-state index in [0.29, 0.717) is 13.1 Å². The molecule has 0 bridgehead atoms. The van der Waals surface area contributed by atoms with Crippen LogP contribution in [0, 0.1) is 0 Å². The zero-order valence-corrected chi connectivity index (χ0v) is 15.2. The van der Waals surface area contributed by atoms with Crippen molar-refractivity contribution in [2.24, 2.45) is 0 Å². The van der Waals surface area contributed by atoms with Crippen LogP contribution in [0.4, 0.5) is 5.13 Å². The molecule has 0 fully saturated rings. The molecule has 0 spiro atoms. The normalized spacial score (nSPS) is 12.3. The molecule has 1 amide bonds. The molecular formula is C19H19N5OS. The number of para-hydroxylation sites is 3. The van der Waals surface area contributed by atoms with Gasteiger partial charge in [0.15, 0.2) is 5.13 Å². The lowest BCUT2D eigenvalue weighted by Gasteiger charge is -2.14. The van der Waals surface area contributed by atoms with Crippen LogP contribution in [0.1, 0.15) is 13.0 Å². The van der Waals surface area contributed by atoms with Gasteiger partial charge in [0.2, 0.25) is 5.91 Å². The lowest BCUT2D eigenvalue weighted by atomic mass is 10.2. The van der Waals surface area contributed by atoms with Gasteiger partial charge in [-0.2, -0.15) is 0 Å². The summed E-state index contributed by atoms with van der Waals surface area (Å²) in [4.78, 5) is 21.3. The number of carbonyl (C=O) groups is 1. The van der Waals surface area contributed by atoms with Gasteiger partial charge in [0.1, 0.15) is 6.04 Å². The fourth-order valence-electron chi connectivity index (χ4n) is 2.86. The molecule has 0 saturated heterocycles. The van der Waals surface area contributed by atoms with Crippen molar-refractivity contribution >= 4 is 43.6 Å². The average molecular weight is 365 g/mol. The van der Waals surface area contributed by atoms with Crippen LogP contribution in [0.3, 0.4) is 0 Å². The maximum Gasteiger partial charge on any atom is 0.242 e. The summed E-state index contributed by atoms with van der Waals surface area (Å²) in [6.07, 6.45) is 1.72. The number of thiazole rings is 1. The zero-order chi connectivity index (χ0) is 17.9. The Morgan fingerprint density at radius 2 is 1.88 bits per heavy atom. The molecule has 1 atom stereocenters. The van der Waals surface area contributed by atoms with Crippen LogP contribution in [-0.2, 0) is 4.79 Å². The second kappa shape index (κ2) is 7.13. The summed E-state index contributed by atoms with van der Waals surface area (Å²) in [6, 6.07) is 15.5. The Morgan fingerprint density at radius 1 is 1.12 bits per heavy atom. The number of aromatic nitrogens is 3. The molecule has 2 aromatic carbocycles. The number of amides is 1. The van der Waals surface area contributed by atoms with Gasteiger partial charge < -0.3 is 15.2 Å². The quantitative estimate of drug-likeness (QED) is 0.514. The Kier molecular flexibility index (Phi) is 4.53. The monoisotopic (exact) mass is 365 g/mol. The first-order valence-electron chi connectivity index (χ1n) is 8.51. The van der Waals surface area contributed by atoms with Gasteiger partial charge in [0.05, 0.1) is 27.6 Å². The minimum atomic E-state index is -0.315. The van der Waals surface area contributed by atoms with Crippen LogP contribution in [0.5, 0.6) is 0 Å². The van der Waals surface area contributed by atoms with Crippen LogP contribution >= 0.6 is 11.3 Å². The molecule has 0 aliphatic carbocycles. The highest BCUT2D eigenvalue weighted by Crippen LogP contribution is 2.25. The lowest BCUT2D eigenvalue weighted by molar-refractivity contribution is -0.123. The van der Waals surface area contributed by atoms with Crippen LogP contribution in [0.2, 0.25) is 0 Å². The van der Waals surface area contributed by atoms with Crippen molar-refractivity contribution in [3.8, 4) is 0 Å². The molecular weight excluding hydrogens is 346 g/mol. The molecule has 2 N–H and O–H groups in total. The first-order chi connectivity index (χ1) is 12.7. The predicted octanol–water partition coefficient (Wildman–Crippen LogP) is 3.44. The molecule has 7 heteroatoms. The molecule has 26 heavy (non-hydrogen) atoms. The number of benzene rings is 2. The Bertz CT molecular complexity index is 1020. The standard InChI is InChI=1S/C19H19N5OS/c1-13(24-12-22-14-6-2-4-8-16(14)24)18(25)20-10-11-21-19-23-15-7-3-5-9-17(15)26-19/h2-9,12-13H,10-11H2,1H3,(H,20,25)(H,21,23)/t13-/m0/s1. The van der Waals surface area contributed by atoms with Gasteiger partial charge in [0.25, 0.3) is 0 Å². The summed E-state index contributed by atoms with van der Waals surface area (Å²) in [5.41, 5.74) is 2.84. The van der Waals surface area contributed by atoms with Gasteiger partial charge in [0, 0.05) is 13.1 Å². The highest BCUT2D eigenvalue weighted by molar-refractivity contribution is 7.22. The predicted molar refractivity (Wildman–Crippen MR) is 106 cm³/mol. The number of nitrogens with zero attached hydrogens (tertiary/aromatic N) is 3. The molecule has 0 saturated carbocycles. The fourth-order valence-corrected chi connectivity index (χ4v) is 3.76. The number of fused-ring (bicyclic) bond motifs is 2. The molecule has 0 aliphatic heterocycles. The summed E-state index contributed by atoms with van der Waals surface area (Å²) < 4.78 is 3.05. The van der Waals surface area contributed by atoms with Gasteiger partial charge in [-0.1, -0.05) is 35.6 Å². The van der Waals surface area contributed by atoms with E-state index in [1.165, 1.54) is 0 Å². The van der Waals surface area contributed by atoms with E-state index in [-0.39, 0.29) is 11.9 Å². The third-order valence-electron chi connectivity index (χ3n) is 4.27. The molecule has 0 unspecified atom stereocenters. The number of nitrogens with one attached hydrogen (secondary N) is 2. The van der Waals surface area contributed by atoms with Gasteiger partial charge in [-0.15, -0.1) is 0 Å². The summed E-state index contributed by atoms with van der Waals surface area (Å²) in [6.45, 7) is 3.04. The Morgan fingerprint density at radius 3 is 2.73 bits per heavy atom. The maximum absolute atomic E-state index is 12.4. The molecule has 0 aliphatic rings. The molecule has 0 radical (unpaired) electrons. The third-order valence-corrected chi connectivity index (χ3v) is 5.27. The van der Waals surface area contributed by atoms with E-state index < -0.39 is 0 Å². The largest absolute Gasteiger partial charge is 0.360 e. The topological polar surface area (TPSA) is 71.8 Å².